The lowest BCUT2D eigenvalue weighted by Crippen LogP contribution is -2.34. The van der Waals surface area contributed by atoms with Gasteiger partial charge in [0.1, 0.15) is 11.4 Å². The zero-order valence-corrected chi connectivity index (χ0v) is 16.8. The van der Waals surface area contributed by atoms with Gasteiger partial charge in [-0.05, 0) is 36.8 Å². The largest absolute Gasteiger partial charge is 0.494 e. The second kappa shape index (κ2) is 6.95. The number of ether oxygens (including phenoxy) is 1. The van der Waals surface area contributed by atoms with Crippen LogP contribution in [0.2, 0.25) is 0 Å². The van der Waals surface area contributed by atoms with Crippen molar-refractivity contribution in [3.8, 4) is 22.7 Å². The number of fused-ring (bicyclic) bond motifs is 2. The maximum Gasteiger partial charge on any atom is 0.407 e. The Balaban J connectivity index is 1.79. The molecule has 0 fully saturated rings. The molecule has 2 aromatic carbocycles. The molecule has 3 heterocycles. The zero-order chi connectivity index (χ0) is 20.8. The molecule has 0 bridgehead atoms. The number of hydrogen-bond acceptors (Lipinski definition) is 3. The molecule has 5 rings (SSSR count). The molecule has 2 aromatic heterocycles. The van der Waals surface area contributed by atoms with E-state index in [4.69, 9.17) is 9.84 Å². The lowest BCUT2D eigenvalue weighted by molar-refractivity contribution is 0.140. The molecule has 1 aliphatic heterocycles. The van der Waals surface area contributed by atoms with E-state index < -0.39 is 6.09 Å². The topological polar surface area (TPSA) is 83.4 Å². The van der Waals surface area contributed by atoms with E-state index in [0.29, 0.717) is 19.5 Å². The van der Waals surface area contributed by atoms with Crippen LogP contribution in [-0.2, 0) is 13.0 Å². The van der Waals surface area contributed by atoms with Crippen LogP contribution in [0, 0.1) is 6.92 Å². The Bertz CT molecular complexity index is 1270. The Labute approximate surface area is 173 Å². The minimum atomic E-state index is -0.908. The highest BCUT2D eigenvalue weighted by molar-refractivity contribution is 5.85. The lowest BCUT2D eigenvalue weighted by Gasteiger charge is -2.24. The summed E-state index contributed by atoms with van der Waals surface area (Å²) in [5.41, 5.74) is 6.75. The van der Waals surface area contributed by atoms with Crippen molar-refractivity contribution in [1.82, 2.24) is 19.7 Å². The van der Waals surface area contributed by atoms with Crippen LogP contribution in [0.5, 0.6) is 5.75 Å². The Morgan fingerprint density at radius 1 is 1.23 bits per heavy atom. The van der Waals surface area contributed by atoms with Gasteiger partial charge in [0.25, 0.3) is 0 Å². The number of nitrogens with zero attached hydrogens (tertiary/aromatic N) is 3. The molecule has 152 valence electrons. The summed E-state index contributed by atoms with van der Waals surface area (Å²) in [6.07, 6.45) is 1.59. The Kier molecular flexibility index (Phi) is 4.24. The van der Waals surface area contributed by atoms with Crippen molar-refractivity contribution in [3.05, 3.63) is 65.5 Å². The number of carbonyl (C=O) groups is 1. The number of aryl methyl sites for hydroxylation is 1. The molecule has 7 nitrogen and oxygen atoms in total. The molecule has 2 N–H and O–H groups in total. The van der Waals surface area contributed by atoms with Crippen LogP contribution in [0.1, 0.15) is 16.8 Å². The quantitative estimate of drug-likeness (QED) is 0.533. The van der Waals surface area contributed by atoms with Crippen molar-refractivity contribution in [3.63, 3.8) is 0 Å². The molecule has 7 heteroatoms. The predicted molar refractivity (Wildman–Crippen MR) is 114 cm³/mol. The third-order valence-corrected chi connectivity index (χ3v) is 5.76. The molecule has 1 aliphatic rings. The summed E-state index contributed by atoms with van der Waals surface area (Å²) in [6.45, 7) is 2.79. The van der Waals surface area contributed by atoms with Crippen molar-refractivity contribution in [1.29, 1.82) is 0 Å². The van der Waals surface area contributed by atoms with Crippen molar-refractivity contribution in [2.75, 3.05) is 13.7 Å². The summed E-state index contributed by atoms with van der Waals surface area (Å²) in [7, 11) is 1.65. The van der Waals surface area contributed by atoms with Gasteiger partial charge in [-0.15, -0.1) is 0 Å². The average molecular weight is 402 g/mol. The number of aromatic nitrogens is 3. The maximum absolute atomic E-state index is 11.7. The molecule has 4 aromatic rings. The van der Waals surface area contributed by atoms with Gasteiger partial charge in [0.2, 0.25) is 0 Å². The highest BCUT2D eigenvalue weighted by atomic mass is 16.5. The SMILES string of the molecule is COc1cccc(C)c1-n1nc2c(c1-c1ccc3[nH]ccc3c1)CN(C(=O)O)CC2. The monoisotopic (exact) mass is 402 g/mol. The number of rotatable bonds is 3. The number of benzene rings is 2. The molecule has 30 heavy (non-hydrogen) atoms. The summed E-state index contributed by atoms with van der Waals surface area (Å²) < 4.78 is 7.58. The number of para-hydroxylation sites is 1. The molecule has 0 aliphatic carbocycles. The van der Waals surface area contributed by atoms with Crippen molar-refractivity contribution >= 4 is 17.0 Å². The first-order valence-corrected chi connectivity index (χ1v) is 9.87. The third kappa shape index (κ3) is 2.82. The molecule has 0 atom stereocenters. The van der Waals surface area contributed by atoms with Crippen molar-refractivity contribution in [2.45, 2.75) is 19.9 Å². The summed E-state index contributed by atoms with van der Waals surface area (Å²) >= 11 is 0. The van der Waals surface area contributed by atoms with E-state index in [-0.39, 0.29) is 0 Å². The fourth-order valence-corrected chi connectivity index (χ4v) is 4.26. The smallest absolute Gasteiger partial charge is 0.407 e. The standard InChI is InChI=1S/C23H22N4O3/c1-14-4-3-5-20(30-2)21(14)27-22(16-6-7-18-15(12-16)8-10-24-18)17-13-26(23(28)29)11-9-19(17)25-27/h3-8,10,12,24H,9,11,13H2,1-2H3,(H,28,29). The number of amides is 1. The second-order valence-corrected chi connectivity index (χ2v) is 7.55. The van der Waals surface area contributed by atoms with Gasteiger partial charge in [-0.2, -0.15) is 5.10 Å². The Morgan fingerprint density at radius 2 is 2.10 bits per heavy atom. The van der Waals surface area contributed by atoms with Gasteiger partial charge in [-0.3, -0.25) is 0 Å². The van der Waals surface area contributed by atoms with Gasteiger partial charge in [0.15, 0.2) is 0 Å². The molecular formula is C23H22N4O3. The van der Waals surface area contributed by atoms with Gasteiger partial charge < -0.3 is 19.7 Å². The summed E-state index contributed by atoms with van der Waals surface area (Å²) in [5, 5.41) is 15.6. The minimum absolute atomic E-state index is 0.319. The van der Waals surface area contributed by atoms with E-state index in [1.807, 2.05) is 48.1 Å². The van der Waals surface area contributed by atoms with E-state index in [2.05, 4.69) is 17.1 Å². The van der Waals surface area contributed by atoms with Crippen molar-refractivity contribution < 1.29 is 14.6 Å². The zero-order valence-electron chi connectivity index (χ0n) is 16.8. The van der Waals surface area contributed by atoms with Crippen molar-refractivity contribution in [2.24, 2.45) is 0 Å². The number of hydrogen-bond donors (Lipinski definition) is 2. The number of nitrogens with one attached hydrogen (secondary N) is 1. The molecule has 0 radical (unpaired) electrons. The van der Waals surface area contributed by atoms with E-state index in [1.54, 1.807) is 7.11 Å². The Morgan fingerprint density at radius 3 is 2.90 bits per heavy atom. The first-order chi connectivity index (χ1) is 14.6. The van der Waals surface area contributed by atoms with Crippen LogP contribution >= 0.6 is 0 Å². The fourth-order valence-electron chi connectivity index (χ4n) is 4.26. The predicted octanol–water partition coefficient (Wildman–Crippen LogP) is 4.37. The number of carboxylic acid groups (broad SMARTS) is 1. The van der Waals surface area contributed by atoms with Gasteiger partial charge in [0, 0.05) is 41.2 Å². The summed E-state index contributed by atoms with van der Waals surface area (Å²) in [4.78, 5) is 16.3. The van der Waals surface area contributed by atoms with Crippen LogP contribution < -0.4 is 4.74 Å². The van der Waals surface area contributed by atoms with Gasteiger partial charge >= 0.3 is 6.09 Å². The molecule has 0 unspecified atom stereocenters. The normalized spacial score (nSPS) is 13.5. The number of H-pyrrole nitrogens is 1. The Hall–Kier alpha value is -3.74. The van der Waals surface area contributed by atoms with E-state index in [0.717, 1.165) is 50.4 Å². The second-order valence-electron chi connectivity index (χ2n) is 7.55. The molecule has 0 saturated heterocycles. The van der Waals surface area contributed by atoms with Gasteiger partial charge in [-0.1, -0.05) is 18.2 Å². The molecular weight excluding hydrogens is 380 g/mol. The number of aromatic amines is 1. The minimum Gasteiger partial charge on any atom is -0.494 e. The first kappa shape index (κ1) is 18.3. The van der Waals surface area contributed by atoms with Crippen LogP contribution in [0.15, 0.2) is 48.7 Å². The first-order valence-electron chi connectivity index (χ1n) is 9.87. The van der Waals surface area contributed by atoms with Crippen LogP contribution in [0.3, 0.4) is 0 Å². The highest BCUT2D eigenvalue weighted by Crippen LogP contribution is 2.37. The van der Waals surface area contributed by atoms with Gasteiger partial charge in [0.05, 0.1) is 25.0 Å². The lowest BCUT2D eigenvalue weighted by atomic mass is 10.00. The third-order valence-electron chi connectivity index (χ3n) is 5.76. The molecule has 1 amide bonds. The fraction of sp³-hybridized carbons (Fsp3) is 0.217. The van der Waals surface area contributed by atoms with Crippen LogP contribution in [0.4, 0.5) is 4.79 Å². The van der Waals surface area contributed by atoms with E-state index >= 15 is 0 Å². The molecule has 0 saturated carbocycles. The maximum atomic E-state index is 11.7. The average Bonchev–Trinajstić information content (AvgIpc) is 3.36. The number of methoxy groups -OCH3 is 1. The molecule has 0 spiro atoms. The van der Waals surface area contributed by atoms with E-state index in [9.17, 15) is 9.90 Å². The van der Waals surface area contributed by atoms with Crippen LogP contribution in [0.25, 0.3) is 27.8 Å². The highest BCUT2D eigenvalue weighted by Gasteiger charge is 2.29. The van der Waals surface area contributed by atoms with Crippen LogP contribution in [-0.4, -0.2) is 44.5 Å². The van der Waals surface area contributed by atoms with E-state index in [1.165, 1.54) is 4.90 Å². The van der Waals surface area contributed by atoms with Gasteiger partial charge in [-0.25, -0.2) is 9.48 Å². The summed E-state index contributed by atoms with van der Waals surface area (Å²) in [6, 6.07) is 14.2. The summed E-state index contributed by atoms with van der Waals surface area (Å²) in [5.74, 6) is 0.730.